The van der Waals surface area contributed by atoms with E-state index in [2.05, 4.69) is 12.2 Å². The van der Waals surface area contributed by atoms with Gasteiger partial charge < -0.3 is 10.1 Å². The minimum atomic E-state index is -0.405. The van der Waals surface area contributed by atoms with E-state index < -0.39 is 5.60 Å². The minimum Gasteiger partial charge on any atom is -0.457 e. The minimum absolute atomic E-state index is 0.230. The first-order valence-electron chi connectivity index (χ1n) is 6.31. The van der Waals surface area contributed by atoms with Crippen LogP contribution in [0.15, 0.2) is 11.6 Å². The largest absolute Gasteiger partial charge is 0.457 e. The number of nitrogens with one attached hydrogen (secondary N) is 1. The molecule has 0 bridgehead atoms. The normalized spacial score (nSPS) is 19.7. The molecular formula is C14H25NO2. The Morgan fingerprint density at radius 3 is 2.41 bits per heavy atom. The molecule has 0 atom stereocenters. The Hall–Kier alpha value is -0.830. The first-order valence-corrected chi connectivity index (χ1v) is 6.31. The third-order valence-electron chi connectivity index (χ3n) is 3.00. The molecule has 0 aromatic rings. The van der Waals surface area contributed by atoms with Crippen molar-refractivity contribution >= 4 is 5.97 Å². The fraction of sp³-hybridized carbons (Fsp3) is 0.786. The number of carbonyl (C=O) groups is 1. The van der Waals surface area contributed by atoms with Crippen LogP contribution in [0.25, 0.3) is 0 Å². The van der Waals surface area contributed by atoms with Gasteiger partial charge in [0, 0.05) is 19.2 Å². The molecule has 1 fully saturated rings. The zero-order chi connectivity index (χ0) is 13.1. The fourth-order valence-corrected chi connectivity index (χ4v) is 1.83. The summed E-state index contributed by atoms with van der Waals surface area (Å²) in [6.07, 6.45) is 3.73. The van der Waals surface area contributed by atoms with Crippen molar-refractivity contribution in [3.8, 4) is 0 Å². The van der Waals surface area contributed by atoms with E-state index in [0.717, 1.165) is 31.5 Å². The van der Waals surface area contributed by atoms with Crippen molar-refractivity contribution in [2.45, 2.75) is 53.1 Å². The maximum absolute atomic E-state index is 11.6. The Balaban J connectivity index is 2.35. The molecular weight excluding hydrogens is 214 g/mol. The number of hydrogen-bond acceptors (Lipinski definition) is 3. The van der Waals surface area contributed by atoms with Gasteiger partial charge in [0.1, 0.15) is 5.60 Å². The van der Waals surface area contributed by atoms with Crippen LogP contribution in [0.1, 0.15) is 47.5 Å². The van der Waals surface area contributed by atoms with Crippen molar-refractivity contribution in [1.82, 2.24) is 5.32 Å². The Kier molecular flexibility index (Phi) is 4.36. The number of carbonyl (C=O) groups excluding carboxylic acids is 1. The Bertz CT molecular complexity index is 309. The van der Waals surface area contributed by atoms with E-state index in [1.165, 1.54) is 0 Å². The third kappa shape index (κ3) is 5.35. The summed E-state index contributed by atoms with van der Waals surface area (Å²) in [7, 11) is 0. The maximum Gasteiger partial charge on any atom is 0.331 e. The van der Waals surface area contributed by atoms with Gasteiger partial charge in [-0.2, -0.15) is 0 Å². The summed E-state index contributed by atoms with van der Waals surface area (Å²) < 4.78 is 5.25. The second-order valence-corrected chi connectivity index (χ2v) is 6.44. The monoisotopic (exact) mass is 239 g/mol. The van der Waals surface area contributed by atoms with Crippen LogP contribution in [0, 0.1) is 5.41 Å². The molecule has 1 heterocycles. The molecule has 1 rings (SSSR count). The molecule has 1 saturated heterocycles. The average Bonchev–Trinajstić information content (AvgIpc) is 2.08. The van der Waals surface area contributed by atoms with Gasteiger partial charge in [0.2, 0.25) is 0 Å². The summed E-state index contributed by atoms with van der Waals surface area (Å²) in [4.78, 5) is 11.6. The average molecular weight is 239 g/mol. The van der Waals surface area contributed by atoms with Crippen molar-refractivity contribution in [2.24, 2.45) is 5.41 Å². The second-order valence-electron chi connectivity index (χ2n) is 6.44. The molecule has 0 unspecified atom stereocenters. The molecule has 0 aromatic carbocycles. The first kappa shape index (κ1) is 14.2. The van der Waals surface area contributed by atoms with Crippen molar-refractivity contribution < 1.29 is 9.53 Å². The Morgan fingerprint density at radius 2 is 2.00 bits per heavy atom. The van der Waals surface area contributed by atoms with E-state index in [1.807, 2.05) is 27.7 Å². The van der Waals surface area contributed by atoms with E-state index in [-0.39, 0.29) is 5.97 Å². The standard InChI is InChI=1S/C14H25NO2/c1-11(6-7-14(5)9-15-10-14)8-12(16)17-13(2,3)4/h8,15H,6-7,9-10H2,1-5H3/b11-8-. The smallest absolute Gasteiger partial charge is 0.331 e. The zero-order valence-corrected chi connectivity index (χ0v) is 11.7. The summed E-state index contributed by atoms with van der Waals surface area (Å²) in [5.74, 6) is -0.230. The molecule has 98 valence electrons. The SMILES string of the molecule is C/C(=C/C(=O)OC(C)(C)C)CCC1(C)CNC1. The zero-order valence-electron chi connectivity index (χ0n) is 11.7. The van der Waals surface area contributed by atoms with Gasteiger partial charge in [-0.05, 0) is 46.0 Å². The van der Waals surface area contributed by atoms with Gasteiger partial charge in [-0.3, -0.25) is 0 Å². The van der Waals surface area contributed by atoms with Gasteiger partial charge in [-0.25, -0.2) is 4.79 Å². The van der Waals surface area contributed by atoms with Crippen molar-refractivity contribution in [1.29, 1.82) is 0 Å². The van der Waals surface area contributed by atoms with Gasteiger partial charge in [-0.1, -0.05) is 12.5 Å². The lowest BCUT2D eigenvalue weighted by Gasteiger charge is -2.39. The van der Waals surface area contributed by atoms with Crippen molar-refractivity contribution in [3.05, 3.63) is 11.6 Å². The number of ether oxygens (including phenoxy) is 1. The van der Waals surface area contributed by atoms with E-state index in [4.69, 9.17) is 4.74 Å². The van der Waals surface area contributed by atoms with Crippen LogP contribution in [0.4, 0.5) is 0 Å². The van der Waals surface area contributed by atoms with Gasteiger partial charge in [0.25, 0.3) is 0 Å². The molecule has 1 N–H and O–H groups in total. The van der Waals surface area contributed by atoms with E-state index in [1.54, 1.807) is 6.08 Å². The van der Waals surface area contributed by atoms with Crippen LogP contribution in [0.5, 0.6) is 0 Å². The van der Waals surface area contributed by atoms with Crippen molar-refractivity contribution in [2.75, 3.05) is 13.1 Å². The summed E-state index contributed by atoms with van der Waals surface area (Å²) in [6, 6.07) is 0. The highest BCUT2D eigenvalue weighted by Crippen LogP contribution is 2.29. The lowest BCUT2D eigenvalue weighted by molar-refractivity contribution is -0.148. The van der Waals surface area contributed by atoms with Crippen LogP contribution in [-0.4, -0.2) is 24.7 Å². The summed E-state index contributed by atoms with van der Waals surface area (Å²) in [5.41, 5.74) is 1.12. The molecule has 0 aromatic heterocycles. The highest BCUT2D eigenvalue weighted by Gasteiger charge is 2.30. The van der Waals surface area contributed by atoms with Crippen LogP contribution in [0.3, 0.4) is 0 Å². The van der Waals surface area contributed by atoms with Crippen LogP contribution in [-0.2, 0) is 9.53 Å². The van der Waals surface area contributed by atoms with Gasteiger partial charge in [0.05, 0.1) is 0 Å². The topological polar surface area (TPSA) is 38.3 Å². The van der Waals surface area contributed by atoms with E-state index in [0.29, 0.717) is 5.41 Å². The van der Waals surface area contributed by atoms with E-state index in [9.17, 15) is 4.79 Å². The lowest BCUT2D eigenvalue weighted by atomic mass is 9.79. The van der Waals surface area contributed by atoms with Gasteiger partial charge >= 0.3 is 5.97 Å². The molecule has 17 heavy (non-hydrogen) atoms. The third-order valence-corrected chi connectivity index (χ3v) is 3.00. The maximum atomic E-state index is 11.6. The number of esters is 1. The Morgan fingerprint density at radius 1 is 1.41 bits per heavy atom. The van der Waals surface area contributed by atoms with Gasteiger partial charge in [0.15, 0.2) is 0 Å². The van der Waals surface area contributed by atoms with E-state index >= 15 is 0 Å². The predicted molar refractivity (Wildman–Crippen MR) is 69.8 cm³/mol. The molecule has 0 radical (unpaired) electrons. The number of allylic oxidation sites excluding steroid dienone is 1. The second kappa shape index (κ2) is 5.21. The predicted octanol–water partition coefficient (Wildman–Crippen LogP) is 2.66. The van der Waals surface area contributed by atoms with Crippen LogP contribution >= 0.6 is 0 Å². The molecule has 0 aliphatic carbocycles. The van der Waals surface area contributed by atoms with Crippen molar-refractivity contribution in [3.63, 3.8) is 0 Å². The van der Waals surface area contributed by atoms with Crippen LogP contribution in [0.2, 0.25) is 0 Å². The molecule has 0 saturated carbocycles. The molecule has 0 spiro atoms. The highest BCUT2D eigenvalue weighted by atomic mass is 16.6. The lowest BCUT2D eigenvalue weighted by Crippen LogP contribution is -2.51. The molecule has 0 amide bonds. The van der Waals surface area contributed by atoms with Gasteiger partial charge in [-0.15, -0.1) is 0 Å². The highest BCUT2D eigenvalue weighted by molar-refractivity contribution is 5.83. The quantitative estimate of drug-likeness (QED) is 0.605. The summed E-state index contributed by atoms with van der Waals surface area (Å²) in [5, 5.41) is 3.29. The Labute approximate surface area is 105 Å². The fourth-order valence-electron chi connectivity index (χ4n) is 1.83. The first-order chi connectivity index (χ1) is 7.70. The van der Waals surface area contributed by atoms with Crippen LogP contribution < -0.4 is 5.32 Å². The molecule has 1 aliphatic heterocycles. The summed E-state index contributed by atoms with van der Waals surface area (Å²) >= 11 is 0. The molecule has 3 nitrogen and oxygen atoms in total. The molecule has 1 aliphatic rings. The number of hydrogen-bond donors (Lipinski definition) is 1. The number of rotatable bonds is 4. The summed E-state index contributed by atoms with van der Waals surface area (Å²) in [6.45, 7) is 12.1. The molecule has 3 heteroatoms.